The maximum absolute atomic E-state index is 12.1. The summed E-state index contributed by atoms with van der Waals surface area (Å²) in [7, 11) is 0. The largest absolute Gasteiger partial charge is 0.507 e. The van der Waals surface area contributed by atoms with Gasteiger partial charge in [0.15, 0.2) is 6.29 Å². The van der Waals surface area contributed by atoms with Gasteiger partial charge in [0.05, 0.1) is 22.2 Å². The number of nitrogens with zero attached hydrogens (tertiary/aromatic N) is 1. The third kappa shape index (κ3) is 6.93. The number of rotatable bonds is 12. The van der Waals surface area contributed by atoms with E-state index in [2.05, 4.69) is 0 Å². The lowest BCUT2D eigenvalue weighted by atomic mass is 10.0. The van der Waals surface area contributed by atoms with Crippen LogP contribution in [0.2, 0.25) is 10.0 Å². The van der Waals surface area contributed by atoms with Gasteiger partial charge in [0.1, 0.15) is 23.9 Å². The van der Waals surface area contributed by atoms with Crippen LogP contribution in [0.4, 0.5) is 0 Å². The molecule has 0 radical (unpaired) electrons. The van der Waals surface area contributed by atoms with E-state index >= 15 is 0 Å². The van der Waals surface area contributed by atoms with Crippen molar-refractivity contribution in [1.82, 2.24) is 4.90 Å². The van der Waals surface area contributed by atoms with E-state index in [9.17, 15) is 14.7 Å². The summed E-state index contributed by atoms with van der Waals surface area (Å²) in [6, 6.07) is 15.9. The summed E-state index contributed by atoms with van der Waals surface area (Å²) in [6.45, 7) is 5.93. The zero-order valence-corrected chi connectivity index (χ0v) is 21.8. The van der Waals surface area contributed by atoms with E-state index in [4.69, 9.17) is 32.7 Å². The first-order valence-electron chi connectivity index (χ1n) is 11.8. The minimum atomic E-state index is -0.210. The van der Waals surface area contributed by atoms with Gasteiger partial charge in [-0.25, -0.2) is 0 Å². The molecule has 3 rings (SSSR count). The number of phenolic OH excluding ortho intramolecular Hbond substituents is 1. The summed E-state index contributed by atoms with van der Waals surface area (Å²) in [6.07, 6.45) is 1.61. The number of benzene rings is 3. The molecule has 0 atom stereocenters. The van der Waals surface area contributed by atoms with Gasteiger partial charge in [0.25, 0.3) is 0 Å². The molecule has 190 valence electrons. The zero-order valence-electron chi connectivity index (χ0n) is 20.3. The SMILES string of the molecule is CCN(CC)C(=O)CCCOc1cccc(-c2cccc(COc3cc(O)c(C=O)cc3Cl)c2Cl)c1. The first kappa shape index (κ1) is 27.4. The number of aldehydes is 1. The maximum atomic E-state index is 12.1. The molecule has 8 heteroatoms. The van der Waals surface area contributed by atoms with Crippen molar-refractivity contribution in [2.75, 3.05) is 19.7 Å². The Kier molecular flexibility index (Phi) is 10.0. The highest BCUT2D eigenvalue weighted by molar-refractivity contribution is 6.34. The molecule has 0 bridgehead atoms. The van der Waals surface area contributed by atoms with Crippen LogP contribution in [-0.4, -0.2) is 41.9 Å². The number of phenols is 1. The van der Waals surface area contributed by atoms with Gasteiger partial charge in [0, 0.05) is 36.7 Å². The molecule has 3 aromatic carbocycles. The number of amides is 1. The number of hydrogen-bond donors (Lipinski definition) is 1. The molecule has 0 saturated carbocycles. The maximum Gasteiger partial charge on any atom is 0.222 e. The Morgan fingerprint density at radius 2 is 1.78 bits per heavy atom. The van der Waals surface area contributed by atoms with Crippen LogP contribution >= 0.6 is 23.2 Å². The number of carbonyl (C=O) groups is 2. The lowest BCUT2D eigenvalue weighted by Crippen LogP contribution is -2.30. The van der Waals surface area contributed by atoms with Gasteiger partial charge in [-0.1, -0.05) is 53.5 Å². The summed E-state index contributed by atoms with van der Waals surface area (Å²) in [5, 5.41) is 10.6. The number of aromatic hydroxyl groups is 1. The molecule has 0 saturated heterocycles. The minimum Gasteiger partial charge on any atom is -0.507 e. The Hall–Kier alpha value is -3.22. The Labute approximate surface area is 221 Å². The predicted octanol–water partition coefficient (Wildman–Crippen LogP) is 6.78. The third-order valence-corrected chi connectivity index (χ3v) is 6.48. The summed E-state index contributed by atoms with van der Waals surface area (Å²) in [5.41, 5.74) is 2.50. The van der Waals surface area contributed by atoms with Crippen molar-refractivity contribution in [3.05, 3.63) is 75.8 Å². The average Bonchev–Trinajstić information content (AvgIpc) is 2.88. The lowest BCUT2D eigenvalue weighted by Gasteiger charge is -2.18. The molecular formula is C28H29Cl2NO5. The quantitative estimate of drug-likeness (QED) is 0.206. The molecule has 1 N–H and O–H groups in total. The zero-order chi connectivity index (χ0) is 26.1. The van der Waals surface area contributed by atoms with Crippen LogP contribution in [0.1, 0.15) is 42.6 Å². The van der Waals surface area contributed by atoms with Crippen LogP contribution in [0.15, 0.2) is 54.6 Å². The molecule has 0 unspecified atom stereocenters. The molecule has 6 nitrogen and oxygen atoms in total. The van der Waals surface area contributed by atoms with E-state index in [1.165, 1.54) is 12.1 Å². The van der Waals surface area contributed by atoms with Gasteiger partial charge < -0.3 is 19.5 Å². The van der Waals surface area contributed by atoms with Crippen molar-refractivity contribution in [3.63, 3.8) is 0 Å². The smallest absolute Gasteiger partial charge is 0.222 e. The molecule has 0 aliphatic carbocycles. The van der Waals surface area contributed by atoms with E-state index in [1.807, 2.05) is 61.2 Å². The highest BCUT2D eigenvalue weighted by Crippen LogP contribution is 2.35. The van der Waals surface area contributed by atoms with Gasteiger partial charge >= 0.3 is 0 Å². The van der Waals surface area contributed by atoms with Crippen molar-refractivity contribution in [1.29, 1.82) is 0 Å². The van der Waals surface area contributed by atoms with Crippen molar-refractivity contribution in [2.24, 2.45) is 0 Å². The molecule has 0 aromatic heterocycles. The van der Waals surface area contributed by atoms with Gasteiger partial charge in [-0.2, -0.15) is 0 Å². The van der Waals surface area contributed by atoms with Gasteiger partial charge in [-0.3, -0.25) is 9.59 Å². The predicted molar refractivity (Wildman–Crippen MR) is 142 cm³/mol. The standard InChI is InChI=1S/C28H29Cl2NO5/c1-3-31(4-2)27(34)12-7-13-35-22-10-5-8-19(14-22)23-11-6-9-20(28(23)30)18-36-26-16-25(33)21(17-32)15-24(26)29/h5-6,8-11,14-17,33H,3-4,7,12-13,18H2,1-2H3. The van der Waals surface area contributed by atoms with E-state index in [0.717, 1.165) is 16.7 Å². The second-order valence-corrected chi connectivity index (χ2v) is 8.86. The summed E-state index contributed by atoms with van der Waals surface area (Å²) >= 11 is 12.9. The number of halogens is 2. The van der Waals surface area contributed by atoms with Gasteiger partial charge in [-0.05, 0) is 44.0 Å². The molecular weight excluding hydrogens is 501 g/mol. The van der Waals surface area contributed by atoms with Gasteiger partial charge in [0.2, 0.25) is 5.91 Å². The highest BCUT2D eigenvalue weighted by Gasteiger charge is 2.13. The van der Waals surface area contributed by atoms with Crippen molar-refractivity contribution in [2.45, 2.75) is 33.3 Å². The molecule has 36 heavy (non-hydrogen) atoms. The lowest BCUT2D eigenvalue weighted by molar-refractivity contribution is -0.131. The minimum absolute atomic E-state index is 0.0879. The summed E-state index contributed by atoms with van der Waals surface area (Å²) in [4.78, 5) is 24.9. The van der Waals surface area contributed by atoms with Crippen LogP contribution in [-0.2, 0) is 11.4 Å². The first-order chi connectivity index (χ1) is 17.4. The first-order valence-corrected chi connectivity index (χ1v) is 12.5. The third-order valence-electron chi connectivity index (χ3n) is 5.73. The summed E-state index contributed by atoms with van der Waals surface area (Å²) in [5.74, 6) is 0.868. The van der Waals surface area contributed by atoms with Crippen LogP contribution in [0.25, 0.3) is 11.1 Å². The van der Waals surface area contributed by atoms with Crippen LogP contribution < -0.4 is 9.47 Å². The average molecular weight is 530 g/mol. The molecule has 3 aromatic rings. The van der Waals surface area contributed by atoms with E-state index in [0.29, 0.717) is 49.6 Å². The van der Waals surface area contributed by atoms with Crippen LogP contribution in [0, 0.1) is 0 Å². The van der Waals surface area contributed by atoms with Gasteiger partial charge in [-0.15, -0.1) is 0 Å². The van der Waals surface area contributed by atoms with Crippen LogP contribution in [0.3, 0.4) is 0 Å². The molecule has 0 aliphatic rings. The monoisotopic (exact) mass is 529 g/mol. The second-order valence-electron chi connectivity index (χ2n) is 8.07. The number of carbonyl (C=O) groups excluding carboxylic acids is 2. The van der Waals surface area contributed by atoms with E-state index < -0.39 is 0 Å². The van der Waals surface area contributed by atoms with Crippen molar-refractivity contribution in [3.8, 4) is 28.4 Å². The fourth-order valence-corrected chi connectivity index (χ4v) is 4.25. The number of ether oxygens (including phenoxy) is 2. The molecule has 0 heterocycles. The van der Waals surface area contributed by atoms with E-state index in [1.54, 1.807) is 0 Å². The Morgan fingerprint density at radius 3 is 2.50 bits per heavy atom. The van der Waals surface area contributed by atoms with E-state index in [-0.39, 0.29) is 34.6 Å². The summed E-state index contributed by atoms with van der Waals surface area (Å²) < 4.78 is 11.7. The molecule has 1 amide bonds. The second kappa shape index (κ2) is 13.2. The fraction of sp³-hybridized carbons (Fsp3) is 0.286. The normalized spacial score (nSPS) is 10.7. The molecule has 0 spiro atoms. The molecule has 0 fully saturated rings. The topological polar surface area (TPSA) is 76.1 Å². The van der Waals surface area contributed by atoms with Crippen LogP contribution in [0.5, 0.6) is 17.2 Å². The van der Waals surface area contributed by atoms with Crippen molar-refractivity contribution < 1.29 is 24.2 Å². The van der Waals surface area contributed by atoms with Crippen molar-refractivity contribution >= 4 is 35.4 Å². The Balaban J connectivity index is 1.66. The highest BCUT2D eigenvalue weighted by atomic mass is 35.5. The molecule has 0 aliphatic heterocycles. The fourth-order valence-electron chi connectivity index (χ4n) is 3.73. The number of hydrogen-bond acceptors (Lipinski definition) is 5. The Morgan fingerprint density at radius 1 is 1.03 bits per heavy atom. The Bertz CT molecular complexity index is 1210.